The van der Waals surface area contributed by atoms with Crippen molar-refractivity contribution in [3.8, 4) is 0 Å². The molecule has 2 aromatic heterocycles. The third kappa shape index (κ3) is 2.97. The van der Waals surface area contributed by atoms with Crippen molar-refractivity contribution >= 4 is 0 Å². The highest BCUT2D eigenvalue weighted by atomic mass is 19.3. The summed E-state index contributed by atoms with van der Waals surface area (Å²) in [5.41, 5.74) is 2.16. The van der Waals surface area contributed by atoms with Crippen molar-refractivity contribution in [3.05, 3.63) is 47.8 Å². The lowest BCUT2D eigenvalue weighted by Crippen LogP contribution is -2.36. The minimum atomic E-state index is -2.45. The molecule has 1 N–H and O–H groups in total. The lowest BCUT2D eigenvalue weighted by molar-refractivity contribution is -0.110. The Hall–Kier alpha value is -1.78. The Kier molecular flexibility index (Phi) is 3.05. The highest BCUT2D eigenvalue weighted by Crippen LogP contribution is 2.43. The summed E-state index contributed by atoms with van der Waals surface area (Å²) in [6.07, 6.45) is 6.65. The van der Waals surface area contributed by atoms with Crippen LogP contribution in [0.25, 0.3) is 0 Å². The first-order valence-corrected chi connectivity index (χ1v) is 6.40. The van der Waals surface area contributed by atoms with Crippen molar-refractivity contribution in [2.24, 2.45) is 5.92 Å². The molecule has 1 fully saturated rings. The van der Waals surface area contributed by atoms with Crippen molar-refractivity contribution in [1.29, 1.82) is 0 Å². The third-order valence-electron chi connectivity index (χ3n) is 3.48. The van der Waals surface area contributed by atoms with E-state index >= 15 is 0 Å². The molecule has 0 aromatic carbocycles. The average molecular weight is 263 g/mol. The van der Waals surface area contributed by atoms with Crippen LogP contribution in [-0.2, 0) is 12.8 Å². The summed E-state index contributed by atoms with van der Waals surface area (Å²) in [4.78, 5) is 11.4. The number of H-pyrrole nitrogens is 1. The molecule has 0 aliphatic heterocycles. The van der Waals surface area contributed by atoms with E-state index in [2.05, 4.69) is 15.0 Å². The number of hydrogen-bond acceptors (Lipinski definition) is 2. The molecule has 2 aromatic rings. The molecule has 0 bridgehead atoms. The van der Waals surface area contributed by atoms with Gasteiger partial charge in [0.2, 0.25) is 5.92 Å². The van der Waals surface area contributed by atoms with Crippen LogP contribution in [0.15, 0.2) is 30.7 Å². The summed E-state index contributed by atoms with van der Waals surface area (Å²) < 4.78 is 25.5. The number of nitrogens with one attached hydrogen (secondary N) is 1. The van der Waals surface area contributed by atoms with Gasteiger partial charge in [0.25, 0.3) is 0 Å². The molecule has 1 aliphatic rings. The summed E-state index contributed by atoms with van der Waals surface area (Å²) in [7, 11) is 0. The molecule has 0 saturated heterocycles. The van der Waals surface area contributed by atoms with Crippen molar-refractivity contribution in [1.82, 2.24) is 15.0 Å². The van der Waals surface area contributed by atoms with Gasteiger partial charge in [0.05, 0.1) is 0 Å². The number of nitrogens with zero attached hydrogens (tertiary/aromatic N) is 2. The summed E-state index contributed by atoms with van der Waals surface area (Å²) in [5.74, 6) is -1.57. The second kappa shape index (κ2) is 4.72. The molecule has 3 nitrogen and oxygen atoms in total. The largest absolute Gasteiger partial charge is 0.346 e. The van der Waals surface area contributed by atoms with Crippen LogP contribution in [0.2, 0.25) is 0 Å². The molecular formula is C14H15F2N3. The lowest BCUT2D eigenvalue weighted by Gasteiger charge is -2.34. The minimum Gasteiger partial charge on any atom is -0.346 e. The van der Waals surface area contributed by atoms with Gasteiger partial charge in [-0.1, -0.05) is 0 Å². The van der Waals surface area contributed by atoms with Gasteiger partial charge in [-0.2, -0.15) is 0 Å². The number of aromatic amines is 1. The molecule has 1 saturated carbocycles. The van der Waals surface area contributed by atoms with Crippen LogP contribution < -0.4 is 0 Å². The maximum absolute atomic E-state index is 12.7. The number of halogens is 2. The molecule has 0 spiro atoms. The number of hydrogen-bond donors (Lipinski definition) is 1. The van der Waals surface area contributed by atoms with E-state index in [-0.39, 0.29) is 18.8 Å². The van der Waals surface area contributed by atoms with Crippen molar-refractivity contribution in [3.63, 3.8) is 0 Å². The molecule has 19 heavy (non-hydrogen) atoms. The normalized spacial score (nSPS) is 18.2. The molecule has 1 aliphatic carbocycles. The van der Waals surface area contributed by atoms with E-state index in [1.54, 1.807) is 18.6 Å². The van der Waals surface area contributed by atoms with Crippen LogP contribution in [0.3, 0.4) is 0 Å². The van der Waals surface area contributed by atoms with E-state index < -0.39 is 5.92 Å². The summed E-state index contributed by atoms with van der Waals surface area (Å²) in [6, 6.07) is 3.90. The first kappa shape index (κ1) is 12.3. The number of alkyl halides is 2. The average Bonchev–Trinajstić information content (AvgIpc) is 2.75. The van der Waals surface area contributed by atoms with Crippen molar-refractivity contribution in [2.75, 3.05) is 0 Å². The quantitative estimate of drug-likeness (QED) is 0.921. The van der Waals surface area contributed by atoms with Gasteiger partial charge in [0, 0.05) is 50.0 Å². The Balaban J connectivity index is 1.58. The molecule has 0 amide bonds. The monoisotopic (exact) mass is 263 g/mol. The first-order chi connectivity index (χ1) is 9.11. The molecule has 0 radical (unpaired) electrons. The Bertz CT molecular complexity index is 543. The number of pyridine rings is 1. The van der Waals surface area contributed by atoms with Gasteiger partial charge >= 0.3 is 0 Å². The van der Waals surface area contributed by atoms with E-state index in [0.29, 0.717) is 6.42 Å². The Morgan fingerprint density at radius 1 is 1.26 bits per heavy atom. The summed E-state index contributed by atoms with van der Waals surface area (Å²) in [6.45, 7) is 0. The highest BCUT2D eigenvalue weighted by molar-refractivity contribution is 5.18. The summed E-state index contributed by atoms with van der Waals surface area (Å²) in [5, 5.41) is 0. The van der Waals surface area contributed by atoms with E-state index in [4.69, 9.17) is 0 Å². The molecule has 0 unspecified atom stereocenters. The Morgan fingerprint density at radius 3 is 2.68 bits per heavy atom. The van der Waals surface area contributed by atoms with Gasteiger partial charge in [0.1, 0.15) is 5.82 Å². The summed E-state index contributed by atoms with van der Waals surface area (Å²) >= 11 is 0. The molecular weight excluding hydrogens is 248 g/mol. The fraction of sp³-hybridized carbons (Fsp3) is 0.429. The van der Waals surface area contributed by atoms with Crippen LogP contribution in [0, 0.1) is 5.92 Å². The van der Waals surface area contributed by atoms with Gasteiger partial charge < -0.3 is 4.98 Å². The van der Waals surface area contributed by atoms with Gasteiger partial charge in [-0.3, -0.25) is 4.98 Å². The van der Waals surface area contributed by atoms with E-state index in [0.717, 1.165) is 23.5 Å². The Labute approximate surface area is 110 Å². The second-order valence-electron chi connectivity index (χ2n) is 5.22. The smallest absolute Gasteiger partial charge is 0.248 e. The van der Waals surface area contributed by atoms with Crippen molar-refractivity contribution in [2.45, 2.75) is 31.6 Å². The number of imidazole rings is 1. The van der Waals surface area contributed by atoms with E-state index in [9.17, 15) is 8.78 Å². The molecule has 2 heterocycles. The third-order valence-corrected chi connectivity index (χ3v) is 3.48. The standard InChI is InChI=1S/C14H15F2N3/c15-14(16)7-11(8-14)6-13-18-9-12(19-13)5-10-1-3-17-4-2-10/h1-4,9,11H,5-8H2,(H,18,19). The molecule has 5 heteroatoms. The highest BCUT2D eigenvalue weighted by Gasteiger charge is 2.45. The van der Waals surface area contributed by atoms with E-state index in [1.807, 2.05) is 12.1 Å². The minimum absolute atomic E-state index is 0.00656. The fourth-order valence-corrected chi connectivity index (χ4v) is 2.52. The van der Waals surface area contributed by atoms with Crippen LogP contribution in [0.4, 0.5) is 8.78 Å². The zero-order chi connectivity index (χ0) is 13.3. The topological polar surface area (TPSA) is 41.6 Å². The van der Waals surface area contributed by atoms with E-state index in [1.165, 1.54) is 0 Å². The van der Waals surface area contributed by atoms with Crippen LogP contribution in [0.5, 0.6) is 0 Å². The lowest BCUT2D eigenvalue weighted by atomic mass is 9.79. The SMILES string of the molecule is FC1(F)CC(Cc2ncc(Cc3ccncc3)[nH]2)C1. The maximum atomic E-state index is 12.7. The predicted molar refractivity (Wildman–Crippen MR) is 67.0 cm³/mol. The van der Waals surface area contributed by atoms with Gasteiger partial charge in [-0.05, 0) is 23.6 Å². The zero-order valence-corrected chi connectivity index (χ0v) is 10.4. The second-order valence-corrected chi connectivity index (χ2v) is 5.22. The zero-order valence-electron chi connectivity index (χ0n) is 10.4. The first-order valence-electron chi connectivity index (χ1n) is 6.40. The molecule has 3 rings (SSSR count). The van der Waals surface area contributed by atoms with Gasteiger partial charge in [0.15, 0.2) is 0 Å². The van der Waals surface area contributed by atoms with Crippen LogP contribution in [0.1, 0.15) is 29.9 Å². The van der Waals surface area contributed by atoms with Crippen LogP contribution in [-0.4, -0.2) is 20.9 Å². The predicted octanol–water partition coefficient (Wildman–Crippen LogP) is 2.98. The molecule has 100 valence electrons. The molecule has 0 atom stereocenters. The number of aromatic nitrogens is 3. The van der Waals surface area contributed by atoms with Gasteiger partial charge in [-0.25, -0.2) is 13.8 Å². The van der Waals surface area contributed by atoms with Gasteiger partial charge in [-0.15, -0.1) is 0 Å². The van der Waals surface area contributed by atoms with Crippen LogP contribution >= 0.6 is 0 Å². The Morgan fingerprint density at radius 2 is 2.00 bits per heavy atom. The number of rotatable bonds is 4. The van der Waals surface area contributed by atoms with Crippen molar-refractivity contribution < 1.29 is 8.78 Å². The fourth-order valence-electron chi connectivity index (χ4n) is 2.52. The maximum Gasteiger partial charge on any atom is 0.248 e.